The summed E-state index contributed by atoms with van der Waals surface area (Å²) >= 11 is 1.33. The second kappa shape index (κ2) is 9.59. The number of amides is 4. The summed E-state index contributed by atoms with van der Waals surface area (Å²) in [5.74, 6) is -1.76. The van der Waals surface area contributed by atoms with Crippen LogP contribution < -0.4 is 21.3 Å². The fourth-order valence-electron chi connectivity index (χ4n) is 4.10. The maximum absolute atomic E-state index is 13.1. The summed E-state index contributed by atoms with van der Waals surface area (Å²) in [7, 11) is 0. The Labute approximate surface area is 218 Å². The quantitative estimate of drug-likeness (QED) is 0.252. The minimum absolute atomic E-state index is 0.246. The highest BCUT2D eigenvalue weighted by Crippen LogP contribution is 2.30. The van der Waals surface area contributed by atoms with Crippen LogP contribution in [-0.2, 0) is 31.3 Å². The first kappa shape index (κ1) is 24.9. The molecule has 194 valence electrons. The minimum atomic E-state index is -1.43. The number of nitrogens with one attached hydrogen (secondary N) is 1. The molecular weight excluding hydrogens is 514 g/mol. The van der Waals surface area contributed by atoms with Gasteiger partial charge in [-0.1, -0.05) is 35.6 Å². The number of imide groups is 1. The number of hydrogen-bond donors (Lipinski definition) is 2. The van der Waals surface area contributed by atoms with Crippen LogP contribution in [0.25, 0.3) is 15.2 Å². The van der Waals surface area contributed by atoms with Crippen LogP contribution in [0.2, 0.25) is 0 Å². The van der Waals surface area contributed by atoms with Crippen LogP contribution >= 0.6 is 11.3 Å². The third-order valence-electron chi connectivity index (χ3n) is 6.00. The Bertz CT molecular complexity index is 1660. The highest BCUT2D eigenvalue weighted by molar-refractivity contribution is 7.23. The molecule has 0 radical (unpaired) electrons. The molecule has 1 saturated heterocycles. The topological polar surface area (TPSA) is 162 Å². The fourth-order valence-corrected chi connectivity index (χ4v) is 5.15. The summed E-state index contributed by atoms with van der Waals surface area (Å²) in [5, 5.41) is 2.60. The van der Waals surface area contributed by atoms with Crippen molar-refractivity contribution in [3.63, 3.8) is 0 Å². The van der Waals surface area contributed by atoms with Gasteiger partial charge in [0.2, 0.25) is 0 Å². The number of urea groups is 1. The van der Waals surface area contributed by atoms with Crippen molar-refractivity contribution < 1.29 is 28.7 Å². The number of rotatable bonds is 8. The van der Waals surface area contributed by atoms with E-state index < -0.39 is 35.9 Å². The Kier molecular flexibility index (Phi) is 6.28. The lowest BCUT2D eigenvalue weighted by Crippen LogP contribution is -2.41. The molecule has 2 aromatic carbocycles. The number of para-hydroxylation sites is 1. The van der Waals surface area contributed by atoms with Gasteiger partial charge in [0.05, 0.1) is 15.9 Å². The van der Waals surface area contributed by atoms with Crippen LogP contribution in [0.1, 0.15) is 18.2 Å². The number of aromatic nitrogens is 2. The molecule has 3 N–H and O–H groups in total. The number of hydrogen-bond acceptors (Lipinski definition) is 9. The van der Waals surface area contributed by atoms with Crippen molar-refractivity contribution in [2.45, 2.75) is 19.1 Å². The van der Waals surface area contributed by atoms with Gasteiger partial charge >= 0.3 is 12.0 Å². The molecule has 1 aliphatic heterocycles. The number of nitrogens with zero attached hydrogens (tertiary/aromatic N) is 3. The van der Waals surface area contributed by atoms with Crippen molar-refractivity contribution in [2.75, 3.05) is 13.2 Å². The molecule has 1 atom stereocenters. The predicted molar refractivity (Wildman–Crippen MR) is 135 cm³/mol. The van der Waals surface area contributed by atoms with Gasteiger partial charge in [0, 0.05) is 6.07 Å². The lowest BCUT2D eigenvalue weighted by Gasteiger charge is -2.22. The average molecular weight is 536 g/mol. The van der Waals surface area contributed by atoms with Gasteiger partial charge < -0.3 is 20.5 Å². The maximum atomic E-state index is 13.1. The van der Waals surface area contributed by atoms with Crippen LogP contribution in [0.4, 0.5) is 4.79 Å². The van der Waals surface area contributed by atoms with Crippen LogP contribution in [0, 0.1) is 0 Å². The Morgan fingerprint density at radius 1 is 1.11 bits per heavy atom. The predicted octanol–water partition coefficient (Wildman–Crippen LogP) is 1.28. The van der Waals surface area contributed by atoms with Crippen LogP contribution in [0.3, 0.4) is 0 Å². The van der Waals surface area contributed by atoms with Crippen molar-refractivity contribution >= 4 is 50.3 Å². The largest absolute Gasteiger partial charge is 0.484 e. The van der Waals surface area contributed by atoms with Crippen LogP contribution in [-0.4, -0.2) is 51.3 Å². The molecule has 5 rings (SSSR count). The Hall–Kier alpha value is -4.78. The van der Waals surface area contributed by atoms with Gasteiger partial charge in [-0.15, -0.1) is 0 Å². The summed E-state index contributed by atoms with van der Waals surface area (Å²) in [6.45, 7) is 0.288. The smallest absolute Gasteiger partial charge is 0.326 e. The van der Waals surface area contributed by atoms with Gasteiger partial charge in [-0.3, -0.25) is 28.5 Å². The van der Waals surface area contributed by atoms with E-state index in [0.717, 1.165) is 15.1 Å². The molecule has 2 aromatic heterocycles. The number of esters is 1. The Morgan fingerprint density at radius 3 is 2.58 bits per heavy atom. The maximum Gasteiger partial charge on any atom is 0.326 e. The van der Waals surface area contributed by atoms with Gasteiger partial charge in [-0.05, 0) is 36.8 Å². The molecule has 13 heteroatoms. The molecule has 12 nitrogen and oxygen atoms in total. The number of ether oxygens (including phenoxy) is 2. The third-order valence-corrected chi connectivity index (χ3v) is 7.03. The SMILES string of the molecule is C[C@@]1(c2ccc(OCC(N)=O)cc2)NC(=O)N(CC(=O)OCc2cc(=O)n3c(n2)sc2ccccc23)C1=O. The van der Waals surface area contributed by atoms with E-state index in [0.29, 0.717) is 16.3 Å². The van der Waals surface area contributed by atoms with Crippen molar-refractivity contribution in [3.8, 4) is 5.75 Å². The second-order valence-corrected chi connectivity index (χ2v) is 9.67. The second-order valence-electron chi connectivity index (χ2n) is 8.66. The first-order valence-electron chi connectivity index (χ1n) is 11.4. The lowest BCUT2D eigenvalue weighted by molar-refractivity contribution is -0.148. The van der Waals surface area contributed by atoms with Gasteiger partial charge in [-0.2, -0.15) is 0 Å². The summed E-state index contributed by atoms with van der Waals surface area (Å²) in [6, 6.07) is 14.1. The van der Waals surface area contributed by atoms with E-state index in [2.05, 4.69) is 10.3 Å². The molecule has 1 aliphatic rings. The minimum Gasteiger partial charge on any atom is -0.484 e. The summed E-state index contributed by atoms with van der Waals surface area (Å²) in [5.41, 5.74) is 4.75. The molecule has 0 aliphatic carbocycles. The monoisotopic (exact) mass is 535 g/mol. The molecule has 0 saturated carbocycles. The molecule has 4 aromatic rings. The van der Waals surface area contributed by atoms with Gasteiger partial charge in [0.1, 0.15) is 24.4 Å². The van der Waals surface area contributed by atoms with E-state index in [-0.39, 0.29) is 24.5 Å². The van der Waals surface area contributed by atoms with E-state index in [1.807, 2.05) is 24.3 Å². The Balaban J connectivity index is 1.25. The number of nitrogens with two attached hydrogens (primary N) is 1. The van der Waals surface area contributed by atoms with Crippen LogP contribution in [0.5, 0.6) is 5.75 Å². The van der Waals surface area contributed by atoms with Crippen molar-refractivity contribution in [3.05, 3.63) is 76.2 Å². The summed E-state index contributed by atoms with van der Waals surface area (Å²) in [6.07, 6.45) is 0. The number of carbonyl (C=O) groups is 4. The highest BCUT2D eigenvalue weighted by atomic mass is 32.1. The summed E-state index contributed by atoms with van der Waals surface area (Å²) < 4.78 is 12.8. The zero-order valence-corrected chi connectivity index (χ0v) is 20.8. The van der Waals surface area contributed by atoms with Gasteiger partial charge in [0.25, 0.3) is 17.4 Å². The first-order valence-corrected chi connectivity index (χ1v) is 12.2. The molecule has 3 heterocycles. The van der Waals surface area contributed by atoms with Gasteiger partial charge in [0.15, 0.2) is 11.6 Å². The van der Waals surface area contributed by atoms with Gasteiger partial charge in [-0.25, -0.2) is 9.78 Å². The number of carbonyl (C=O) groups excluding carboxylic acids is 4. The zero-order chi connectivity index (χ0) is 27.0. The zero-order valence-electron chi connectivity index (χ0n) is 20.0. The third kappa shape index (κ3) is 4.54. The van der Waals surface area contributed by atoms with E-state index in [4.69, 9.17) is 15.2 Å². The van der Waals surface area contributed by atoms with Crippen LogP contribution in [0.15, 0.2) is 59.4 Å². The standard InChI is InChI=1S/C25H21N5O7S/c1-25(14-6-8-16(9-7-14)36-13-19(26)31)22(34)29(23(35)28-25)11-21(33)37-12-15-10-20(32)30-17-4-2-3-5-18(17)38-24(30)27-15/h2-10H,11-13H2,1H3,(H2,26,31)(H,28,35)/t25-/m0/s1. The van der Waals surface area contributed by atoms with E-state index in [9.17, 15) is 24.0 Å². The average Bonchev–Trinajstić information content (AvgIpc) is 3.37. The molecule has 0 unspecified atom stereocenters. The lowest BCUT2D eigenvalue weighted by atomic mass is 9.92. The van der Waals surface area contributed by atoms with E-state index >= 15 is 0 Å². The molecular formula is C25H21N5O7S. The molecule has 0 bridgehead atoms. The van der Waals surface area contributed by atoms with E-state index in [1.165, 1.54) is 40.9 Å². The summed E-state index contributed by atoms with van der Waals surface area (Å²) in [4.78, 5) is 67.3. The number of thiazole rings is 1. The fraction of sp³-hybridized carbons (Fsp3) is 0.200. The highest BCUT2D eigenvalue weighted by Gasteiger charge is 2.49. The van der Waals surface area contributed by atoms with E-state index in [1.54, 1.807) is 12.1 Å². The molecule has 4 amide bonds. The first-order chi connectivity index (χ1) is 18.2. The molecule has 0 spiro atoms. The Morgan fingerprint density at radius 2 is 1.84 bits per heavy atom. The molecule has 1 fully saturated rings. The van der Waals surface area contributed by atoms with Crippen molar-refractivity contribution in [1.82, 2.24) is 19.6 Å². The van der Waals surface area contributed by atoms with Crippen molar-refractivity contribution in [2.24, 2.45) is 5.73 Å². The number of primary amides is 1. The molecule has 38 heavy (non-hydrogen) atoms. The number of benzene rings is 2. The number of fused-ring (bicyclic) bond motifs is 3. The van der Waals surface area contributed by atoms with Crippen molar-refractivity contribution in [1.29, 1.82) is 0 Å². The normalized spacial score (nSPS) is 17.1.